The second-order valence-corrected chi connectivity index (χ2v) is 4.97. The number of hydrogen-bond acceptors (Lipinski definition) is 6. The molecule has 0 fully saturated rings. The molecule has 0 aliphatic rings. The fourth-order valence-electron chi connectivity index (χ4n) is 1.87. The van der Waals surface area contributed by atoms with E-state index in [1.165, 1.54) is 39.4 Å². The summed E-state index contributed by atoms with van der Waals surface area (Å²) in [6.07, 6.45) is 2.63. The highest BCUT2D eigenvalue weighted by atomic mass is 16.5. The number of hydrogen-bond donors (Lipinski definition) is 2. The van der Waals surface area contributed by atoms with Gasteiger partial charge in [0.2, 0.25) is 5.91 Å². The Balaban J connectivity index is 2.76. The van der Waals surface area contributed by atoms with Crippen LogP contribution in [0.1, 0.15) is 23.7 Å². The van der Waals surface area contributed by atoms with Gasteiger partial charge < -0.3 is 20.1 Å². The molecule has 1 rings (SSSR count). The Kier molecular flexibility index (Phi) is 7.85. The second kappa shape index (κ2) is 9.86. The highest BCUT2D eigenvalue weighted by Gasteiger charge is 2.21. The molecule has 1 aromatic rings. The van der Waals surface area contributed by atoms with Gasteiger partial charge in [-0.05, 0) is 30.7 Å². The quantitative estimate of drug-likeness (QED) is 0.562. The molecule has 0 saturated heterocycles. The van der Waals surface area contributed by atoms with Crippen molar-refractivity contribution in [1.82, 2.24) is 5.32 Å². The number of anilines is 1. The smallest absolute Gasteiger partial charge is 0.330 e. The zero-order valence-electron chi connectivity index (χ0n) is 14.2. The van der Waals surface area contributed by atoms with E-state index in [0.29, 0.717) is 11.3 Å². The number of nitrogens with one attached hydrogen (secondary N) is 2. The minimum absolute atomic E-state index is 0.0670. The Morgan fingerprint density at radius 2 is 1.72 bits per heavy atom. The lowest BCUT2D eigenvalue weighted by molar-refractivity contribution is -0.143. The first-order valence-electron chi connectivity index (χ1n) is 7.38. The predicted octanol–water partition coefficient (Wildman–Crippen LogP) is 1.04. The van der Waals surface area contributed by atoms with E-state index in [4.69, 9.17) is 0 Å². The molecule has 0 heterocycles. The van der Waals surface area contributed by atoms with Crippen molar-refractivity contribution in [2.75, 3.05) is 19.5 Å². The van der Waals surface area contributed by atoms with Crippen LogP contribution in [0, 0.1) is 0 Å². The molecule has 8 heteroatoms. The molecule has 1 aromatic carbocycles. The van der Waals surface area contributed by atoms with Crippen molar-refractivity contribution in [3.8, 4) is 0 Å². The maximum atomic E-state index is 12.2. The normalized spacial score (nSPS) is 11.5. The summed E-state index contributed by atoms with van der Waals surface area (Å²) in [4.78, 5) is 46.0. The number of benzene rings is 1. The fraction of sp³-hybridized carbons (Fsp3) is 0.294. The monoisotopic (exact) mass is 348 g/mol. The van der Waals surface area contributed by atoms with E-state index in [2.05, 4.69) is 20.1 Å². The molecule has 0 bridgehead atoms. The highest BCUT2D eigenvalue weighted by Crippen LogP contribution is 2.10. The van der Waals surface area contributed by atoms with Gasteiger partial charge in [-0.15, -0.1) is 0 Å². The van der Waals surface area contributed by atoms with Gasteiger partial charge in [0.1, 0.15) is 6.04 Å². The number of amides is 2. The van der Waals surface area contributed by atoms with Crippen LogP contribution in [0.25, 0.3) is 0 Å². The molecule has 0 unspecified atom stereocenters. The van der Waals surface area contributed by atoms with Crippen LogP contribution in [0.15, 0.2) is 36.4 Å². The largest absolute Gasteiger partial charge is 0.467 e. The van der Waals surface area contributed by atoms with Crippen molar-refractivity contribution in [2.24, 2.45) is 0 Å². The molecule has 0 radical (unpaired) electrons. The van der Waals surface area contributed by atoms with Crippen LogP contribution >= 0.6 is 0 Å². The third kappa shape index (κ3) is 6.86. The SMILES string of the molecule is COC(=O)/C=C/C[C@@H](NC(=O)c1ccc(NC(C)=O)cc1)C(=O)OC. The lowest BCUT2D eigenvalue weighted by atomic mass is 10.1. The summed E-state index contributed by atoms with van der Waals surface area (Å²) in [7, 11) is 2.44. The fourth-order valence-corrected chi connectivity index (χ4v) is 1.87. The van der Waals surface area contributed by atoms with Crippen molar-refractivity contribution in [2.45, 2.75) is 19.4 Å². The minimum Gasteiger partial charge on any atom is -0.467 e. The number of esters is 2. The van der Waals surface area contributed by atoms with E-state index in [0.717, 1.165) is 6.08 Å². The Morgan fingerprint density at radius 1 is 1.08 bits per heavy atom. The summed E-state index contributed by atoms with van der Waals surface area (Å²) in [5, 5.41) is 5.12. The number of carbonyl (C=O) groups excluding carboxylic acids is 4. The predicted molar refractivity (Wildman–Crippen MR) is 89.8 cm³/mol. The molecule has 2 amide bonds. The molecule has 0 saturated carbocycles. The molecule has 0 aromatic heterocycles. The Morgan fingerprint density at radius 3 is 2.24 bits per heavy atom. The van der Waals surface area contributed by atoms with E-state index in [9.17, 15) is 19.2 Å². The first-order valence-corrected chi connectivity index (χ1v) is 7.38. The minimum atomic E-state index is -0.951. The van der Waals surface area contributed by atoms with Crippen LogP contribution in [-0.4, -0.2) is 44.0 Å². The van der Waals surface area contributed by atoms with Crippen molar-refractivity contribution in [3.05, 3.63) is 42.0 Å². The number of ether oxygens (including phenoxy) is 2. The van der Waals surface area contributed by atoms with E-state index >= 15 is 0 Å². The van der Waals surface area contributed by atoms with Gasteiger partial charge in [-0.2, -0.15) is 0 Å². The van der Waals surface area contributed by atoms with E-state index < -0.39 is 23.9 Å². The number of carbonyl (C=O) groups is 4. The van der Waals surface area contributed by atoms with Gasteiger partial charge in [0, 0.05) is 24.3 Å². The number of rotatable bonds is 7. The maximum absolute atomic E-state index is 12.2. The van der Waals surface area contributed by atoms with Gasteiger partial charge in [-0.25, -0.2) is 9.59 Å². The summed E-state index contributed by atoms with van der Waals surface area (Å²) >= 11 is 0. The molecule has 0 aliphatic carbocycles. The molecule has 1 atom stereocenters. The standard InChI is InChI=1S/C17H20N2O6/c1-11(20)18-13-9-7-12(8-10-13)16(22)19-14(17(23)25-3)5-4-6-15(21)24-2/h4,6-10,14H,5H2,1-3H3,(H,18,20)(H,19,22)/b6-4+/t14-/m1/s1. The third-order valence-electron chi connectivity index (χ3n) is 3.09. The molecule has 25 heavy (non-hydrogen) atoms. The average Bonchev–Trinajstić information content (AvgIpc) is 2.59. The molecular formula is C17H20N2O6. The molecule has 8 nitrogen and oxygen atoms in total. The van der Waals surface area contributed by atoms with Gasteiger partial charge in [-0.1, -0.05) is 6.08 Å². The zero-order chi connectivity index (χ0) is 18.8. The summed E-state index contributed by atoms with van der Waals surface area (Å²) in [6, 6.07) is 5.22. The summed E-state index contributed by atoms with van der Waals surface area (Å²) in [5.41, 5.74) is 0.856. The Bertz CT molecular complexity index is 666. The first kappa shape index (κ1) is 19.9. The molecule has 0 spiro atoms. The lowest BCUT2D eigenvalue weighted by Gasteiger charge is -2.15. The average molecular weight is 348 g/mol. The summed E-state index contributed by atoms with van der Waals surface area (Å²) in [6.45, 7) is 1.38. The van der Waals surface area contributed by atoms with Gasteiger partial charge in [0.15, 0.2) is 0 Å². The van der Waals surface area contributed by atoms with Crippen molar-refractivity contribution in [1.29, 1.82) is 0 Å². The first-order chi connectivity index (χ1) is 11.9. The van der Waals surface area contributed by atoms with Crippen LogP contribution in [0.3, 0.4) is 0 Å². The summed E-state index contributed by atoms with van der Waals surface area (Å²) < 4.78 is 9.09. The maximum Gasteiger partial charge on any atom is 0.330 e. The van der Waals surface area contributed by atoms with Crippen LogP contribution < -0.4 is 10.6 Å². The third-order valence-corrected chi connectivity index (χ3v) is 3.09. The van der Waals surface area contributed by atoms with Crippen LogP contribution in [0.4, 0.5) is 5.69 Å². The van der Waals surface area contributed by atoms with Crippen LogP contribution in [0.2, 0.25) is 0 Å². The van der Waals surface area contributed by atoms with Crippen molar-refractivity contribution < 1.29 is 28.7 Å². The summed E-state index contributed by atoms with van der Waals surface area (Å²) in [5.74, 6) is -1.92. The van der Waals surface area contributed by atoms with Crippen LogP contribution in [-0.2, 0) is 23.9 Å². The number of methoxy groups -OCH3 is 2. The zero-order valence-corrected chi connectivity index (χ0v) is 14.2. The van der Waals surface area contributed by atoms with Gasteiger partial charge in [0.05, 0.1) is 14.2 Å². The van der Waals surface area contributed by atoms with Crippen molar-refractivity contribution >= 4 is 29.4 Å². The van der Waals surface area contributed by atoms with Crippen LogP contribution in [0.5, 0.6) is 0 Å². The lowest BCUT2D eigenvalue weighted by Crippen LogP contribution is -2.41. The van der Waals surface area contributed by atoms with E-state index in [1.807, 2.05) is 0 Å². The van der Waals surface area contributed by atoms with Gasteiger partial charge >= 0.3 is 11.9 Å². The van der Waals surface area contributed by atoms with Crippen molar-refractivity contribution in [3.63, 3.8) is 0 Å². The highest BCUT2D eigenvalue weighted by molar-refractivity contribution is 5.97. The topological polar surface area (TPSA) is 111 Å². The molecule has 2 N–H and O–H groups in total. The van der Waals surface area contributed by atoms with E-state index in [1.54, 1.807) is 12.1 Å². The second-order valence-electron chi connectivity index (χ2n) is 4.97. The molecule has 134 valence electrons. The molecular weight excluding hydrogens is 328 g/mol. The Labute approximate surface area is 145 Å². The Hall–Kier alpha value is -3.16. The van der Waals surface area contributed by atoms with Gasteiger partial charge in [-0.3, -0.25) is 9.59 Å². The van der Waals surface area contributed by atoms with E-state index in [-0.39, 0.29) is 12.3 Å². The van der Waals surface area contributed by atoms with Gasteiger partial charge in [0.25, 0.3) is 5.91 Å². The molecule has 0 aliphatic heterocycles.